The standard InChI is InChI=1S/C20H36N6O2/c1-15(2)13-25-11-9-22-17(25)12-23-18(21-6)24-16-8-7-10-26(14-16)19(27)28-20(3,4)5/h9,11,15-16H,7-8,10,12-14H2,1-6H3,(H2,21,23,24). The SMILES string of the molecule is CN=C(NCc1nccn1CC(C)C)NC1CCCN(C(=O)OC(C)(C)C)C1. The number of aliphatic imine (C=N–C) groups is 1. The Kier molecular flexibility index (Phi) is 7.71. The number of carbonyl (C=O) groups is 1. The van der Waals surface area contributed by atoms with Crippen molar-refractivity contribution in [3.8, 4) is 0 Å². The third kappa shape index (κ3) is 7.05. The van der Waals surface area contributed by atoms with Crippen molar-refractivity contribution in [2.75, 3.05) is 20.1 Å². The van der Waals surface area contributed by atoms with Crippen molar-refractivity contribution in [3.05, 3.63) is 18.2 Å². The first-order chi connectivity index (χ1) is 13.2. The molecule has 1 aromatic heterocycles. The molecule has 0 saturated carbocycles. The summed E-state index contributed by atoms with van der Waals surface area (Å²) < 4.78 is 7.66. The molecule has 2 heterocycles. The van der Waals surface area contributed by atoms with E-state index in [9.17, 15) is 4.79 Å². The van der Waals surface area contributed by atoms with Crippen LogP contribution >= 0.6 is 0 Å². The zero-order chi connectivity index (χ0) is 20.7. The molecule has 2 rings (SSSR count). The lowest BCUT2D eigenvalue weighted by atomic mass is 10.1. The van der Waals surface area contributed by atoms with Gasteiger partial charge in [-0.2, -0.15) is 0 Å². The van der Waals surface area contributed by atoms with Crippen LogP contribution in [0.3, 0.4) is 0 Å². The van der Waals surface area contributed by atoms with E-state index in [1.807, 2.05) is 33.2 Å². The van der Waals surface area contributed by atoms with Gasteiger partial charge in [0, 0.05) is 45.1 Å². The summed E-state index contributed by atoms with van der Waals surface area (Å²) in [5.41, 5.74) is -0.479. The topological polar surface area (TPSA) is 83.8 Å². The van der Waals surface area contributed by atoms with Crippen LogP contribution in [0.1, 0.15) is 53.3 Å². The number of ether oxygens (including phenoxy) is 1. The van der Waals surface area contributed by atoms with E-state index in [0.717, 1.165) is 37.7 Å². The number of nitrogens with zero attached hydrogens (tertiary/aromatic N) is 4. The molecule has 0 radical (unpaired) electrons. The van der Waals surface area contributed by atoms with Crippen LogP contribution in [0.4, 0.5) is 4.79 Å². The van der Waals surface area contributed by atoms with Crippen LogP contribution in [0.25, 0.3) is 0 Å². The largest absolute Gasteiger partial charge is 0.444 e. The Labute approximate surface area is 168 Å². The zero-order valence-electron chi connectivity index (χ0n) is 18.2. The molecule has 0 spiro atoms. The molecule has 2 N–H and O–H groups in total. The number of carbonyl (C=O) groups excluding carboxylic acids is 1. The van der Waals surface area contributed by atoms with E-state index < -0.39 is 5.60 Å². The normalized spacial score (nSPS) is 18.3. The van der Waals surface area contributed by atoms with Crippen LogP contribution in [0, 0.1) is 5.92 Å². The molecule has 158 valence electrons. The maximum atomic E-state index is 12.3. The molecule has 1 amide bonds. The van der Waals surface area contributed by atoms with E-state index in [1.165, 1.54) is 0 Å². The highest BCUT2D eigenvalue weighted by Crippen LogP contribution is 2.15. The van der Waals surface area contributed by atoms with Gasteiger partial charge in [-0.3, -0.25) is 4.99 Å². The second-order valence-corrected chi connectivity index (χ2v) is 8.73. The van der Waals surface area contributed by atoms with Gasteiger partial charge in [-0.05, 0) is 39.5 Å². The lowest BCUT2D eigenvalue weighted by Crippen LogP contribution is -2.53. The Bertz CT molecular complexity index is 662. The van der Waals surface area contributed by atoms with Gasteiger partial charge in [0.2, 0.25) is 0 Å². The fourth-order valence-corrected chi connectivity index (χ4v) is 3.20. The minimum atomic E-state index is -0.479. The van der Waals surface area contributed by atoms with Crippen LogP contribution in [0.15, 0.2) is 17.4 Å². The van der Waals surface area contributed by atoms with Crippen molar-refractivity contribution in [1.29, 1.82) is 0 Å². The van der Waals surface area contributed by atoms with E-state index in [1.54, 1.807) is 11.9 Å². The Morgan fingerprint density at radius 2 is 2.18 bits per heavy atom. The first-order valence-electron chi connectivity index (χ1n) is 10.1. The van der Waals surface area contributed by atoms with E-state index in [4.69, 9.17) is 4.74 Å². The number of rotatable bonds is 5. The van der Waals surface area contributed by atoms with Crippen LogP contribution in [-0.4, -0.2) is 58.3 Å². The van der Waals surface area contributed by atoms with Gasteiger partial charge in [0.15, 0.2) is 5.96 Å². The fourth-order valence-electron chi connectivity index (χ4n) is 3.20. The third-order valence-corrected chi connectivity index (χ3v) is 4.42. The molecule has 0 aromatic carbocycles. The zero-order valence-corrected chi connectivity index (χ0v) is 18.2. The smallest absolute Gasteiger partial charge is 0.410 e. The fraction of sp³-hybridized carbons (Fsp3) is 0.750. The molecule has 1 aliphatic heterocycles. The Morgan fingerprint density at radius 3 is 2.82 bits per heavy atom. The van der Waals surface area contributed by atoms with Gasteiger partial charge >= 0.3 is 6.09 Å². The van der Waals surface area contributed by atoms with Crippen molar-refractivity contribution < 1.29 is 9.53 Å². The van der Waals surface area contributed by atoms with Gasteiger partial charge in [-0.15, -0.1) is 0 Å². The predicted molar refractivity (Wildman–Crippen MR) is 111 cm³/mol. The number of hydrogen-bond acceptors (Lipinski definition) is 4. The molecule has 1 aliphatic rings. The molecular weight excluding hydrogens is 356 g/mol. The number of guanidine groups is 1. The lowest BCUT2D eigenvalue weighted by molar-refractivity contribution is 0.0193. The van der Waals surface area contributed by atoms with Crippen molar-refractivity contribution in [1.82, 2.24) is 25.1 Å². The lowest BCUT2D eigenvalue weighted by Gasteiger charge is -2.35. The number of piperidine rings is 1. The molecular formula is C20H36N6O2. The monoisotopic (exact) mass is 392 g/mol. The number of imidazole rings is 1. The van der Waals surface area contributed by atoms with Gasteiger partial charge in [-0.25, -0.2) is 9.78 Å². The van der Waals surface area contributed by atoms with Crippen LogP contribution in [0.2, 0.25) is 0 Å². The minimum absolute atomic E-state index is 0.142. The van der Waals surface area contributed by atoms with Crippen LogP contribution in [0.5, 0.6) is 0 Å². The van der Waals surface area contributed by atoms with E-state index in [-0.39, 0.29) is 12.1 Å². The average molecular weight is 393 g/mol. The summed E-state index contributed by atoms with van der Waals surface area (Å²) in [7, 11) is 1.75. The highest BCUT2D eigenvalue weighted by atomic mass is 16.6. The number of nitrogens with one attached hydrogen (secondary N) is 2. The summed E-state index contributed by atoms with van der Waals surface area (Å²) in [6.45, 7) is 12.9. The predicted octanol–water partition coefficient (Wildman–Crippen LogP) is 2.60. The Morgan fingerprint density at radius 1 is 1.43 bits per heavy atom. The van der Waals surface area contributed by atoms with E-state index in [0.29, 0.717) is 19.0 Å². The number of likely N-dealkylation sites (tertiary alicyclic amines) is 1. The molecule has 8 nitrogen and oxygen atoms in total. The minimum Gasteiger partial charge on any atom is -0.444 e. The van der Waals surface area contributed by atoms with Gasteiger partial charge in [0.25, 0.3) is 0 Å². The molecule has 1 unspecified atom stereocenters. The van der Waals surface area contributed by atoms with Gasteiger partial charge in [0.1, 0.15) is 11.4 Å². The maximum Gasteiger partial charge on any atom is 0.410 e. The van der Waals surface area contributed by atoms with E-state index >= 15 is 0 Å². The first-order valence-corrected chi connectivity index (χ1v) is 10.1. The maximum absolute atomic E-state index is 12.3. The third-order valence-electron chi connectivity index (χ3n) is 4.42. The summed E-state index contributed by atoms with van der Waals surface area (Å²) in [5.74, 6) is 2.26. The Hall–Kier alpha value is -2.25. The van der Waals surface area contributed by atoms with Crippen molar-refractivity contribution in [3.63, 3.8) is 0 Å². The molecule has 0 aliphatic carbocycles. The molecule has 1 aromatic rings. The second-order valence-electron chi connectivity index (χ2n) is 8.73. The summed E-state index contributed by atoms with van der Waals surface area (Å²) >= 11 is 0. The summed E-state index contributed by atoms with van der Waals surface area (Å²) in [5, 5.41) is 6.76. The summed E-state index contributed by atoms with van der Waals surface area (Å²) in [4.78, 5) is 22.9. The van der Waals surface area contributed by atoms with Crippen molar-refractivity contribution in [2.24, 2.45) is 10.9 Å². The quantitative estimate of drug-likeness (QED) is 0.594. The summed E-state index contributed by atoms with van der Waals surface area (Å²) in [6.07, 6.45) is 5.51. The molecule has 8 heteroatoms. The molecule has 0 bridgehead atoms. The Balaban J connectivity index is 1.87. The van der Waals surface area contributed by atoms with Gasteiger partial charge in [-0.1, -0.05) is 13.8 Å². The average Bonchev–Trinajstić information content (AvgIpc) is 3.03. The van der Waals surface area contributed by atoms with E-state index in [2.05, 4.69) is 39.0 Å². The summed E-state index contributed by atoms with van der Waals surface area (Å²) in [6, 6.07) is 0.142. The molecule has 1 atom stereocenters. The molecule has 1 saturated heterocycles. The highest BCUT2D eigenvalue weighted by Gasteiger charge is 2.28. The van der Waals surface area contributed by atoms with Crippen LogP contribution < -0.4 is 10.6 Å². The number of hydrogen-bond donors (Lipinski definition) is 2. The van der Waals surface area contributed by atoms with Crippen molar-refractivity contribution >= 4 is 12.1 Å². The van der Waals surface area contributed by atoms with Gasteiger partial charge in [0.05, 0.1) is 6.54 Å². The van der Waals surface area contributed by atoms with Crippen LogP contribution in [-0.2, 0) is 17.8 Å². The van der Waals surface area contributed by atoms with Gasteiger partial charge < -0.3 is 24.8 Å². The van der Waals surface area contributed by atoms with Crippen molar-refractivity contribution in [2.45, 2.75) is 72.2 Å². The molecule has 28 heavy (non-hydrogen) atoms. The number of amides is 1. The highest BCUT2D eigenvalue weighted by molar-refractivity contribution is 5.80. The first kappa shape index (κ1) is 22.0. The number of aromatic nitrogens is 2. The second kappa shape index (κ2) is 9.80. The molecule has 1 fully saturated rings.